The first-order valence-electron chi connectivity index (χ1n) is 7.23. The second-order valence-electron chi connectivity index (χ2n) is 5.61. The molecule has 1 aromatic carbocycles. The molecule has 4 nitrogen and oxygen atoms in total. The molecule has 0 amide bonds. The highest BCUT2D eigenvalue weighted by Gasteiger charge is 2.31. The molecule has 1 aliphatic heterocycles. The quantitative estimate of drug-likeness (QED) is 0.942. The fourth-order valence-corrected chi connectivity index (χ4v) is 3.10. The van der Waals surface area contributed by atoms with Crippen LogP contribution in [-0.2, 0) is 6.54 Å². The van der Waals surface area contributed by atoms with Crippen LogP contribution in [0.3, 0.4) is 0 Å². The number of likely N-dealkylation sites (tertiary alicyclic amines) is 1. The summed E-state index contributed by atoms with van der Waals surface area (Å²) >= 11 is 5.99. The summed E-state index contributed by atoms with van der Waals surface area (Å²) in [4.78, 5) is 6.58. The van der Waals surface area contributed by atoms with Crippen LogP contribution in [0.15, 0.2) is 34.9 Å². The predicted octanol–water partition coefficient (Wildman–Crippen LogP) is 3.20. The summed E-state index contributed by atoms with van der Waals surface area (Å²) in [6, 6.07) is 7.74. The van der Waals surface area contributed by atoms with Crippen molar-refractivity contribution in [2.75, 3.05) is 13.2 Å². The van der Waals surface area contributed by atoms with Crippen molar-refractivity contribution in [1.29, 1.82) is 0 Å². The van der Waals surface area contributed by atoms with Gasteiger partial charge in [-0.15, -0.1) is 0 Å². The van der Waals surface area contributed by atoms with E-state index >= 15 is 0 Å². The highest BCUT2D eigenvalue weighted by Crippen LogP contribution is 2.27. The predicted molar refractivity (Wildman–Crippen MR) is 82.0 cm³/mol. The van der Waals surface area contributed by atoms with E-state index in [0.29, 0.717) is 23.4 Å². The van der Waals surface area contributed by atoms with Crippen LogP contribution in [0.25, 0.3) is 11.3 Å². The lowest BCUT2D eigenvalue weighted by atomic mass is 10.0. The molecule has 3 rings (SSSR count). The van der Waals surface area contributed by atoms with Gasteiger partial charge in [0.05, 0.1) is 19.3 Å². The van der Waals surface area contributed by atoms with Gasteiger partial charge in [-0.05, 0) is 31.0 Å². The first-order valence-corrected chi connectivity index (χ1v) is 7.60. The maximum absolute atomic E-state index is 9.49. The summed E-state index contributed by atoms with van der Waals surface area (Å²) in [5, 5.41) is 10.2. The van der Waals surface area contributed by atoms with Crippen LogP contribution in [0, 0.1) is 5.92 Å². The van der Waals surface area contributed by atoms with Crippen LogP contribution in [0.2, 0.25) is 5.02 Å². The number of aromatic nitrogens is 1. The molecular formula is C16H19ClN2O2. The molecule has 1 N–H and O–H groups in total. The summed E-state index contributed by atoms with van der Waals surface area (Å²) in [5.74, 6) is 1.91. The average molecular weight is 307 g/mol. The third-order valence-electron chi connectivity index (χ3n) is 4.19. The molecule has 2 atom stereocenters. The van der Waals surface area contributed by atoms with Crippen LogP contribution in [-0.4, -0.2) is 34.2 Å². The number of aliphatic hydroxyl groups excluding tert-OH is 1. The highest BCUT2D eigenvalue weighted by molar-refractivity contribution is 6.30. The molecule has 0 spiro atoms. The Morgan fingerprint density at radius 3 is 3.10 bits per heavy atom. The lowest BCUT2D eigenvalue weighted by molar-refractivity contribution is 0.126. The fourth-order valence-electron chi connectivity index (χ4n) is 2.91. The molecule has 112 valence electrons. The van der Waals surface area contributed by atoms with Gasteiger partial charge in [0.25, 0.3) is 0 Å². The van der Waals surface area contributed by atoms with Crippen molar-refractivity contribution in [2.45, 2.75) is 25.9 Å². The fraction of sp³-hybridized carbons (Fsp3) is 0.438. The van der Waals surface area contributed by atoms with Crippen molar-refractivity contribution in [2.24, 2.45) is 5.92 Å². The zero-order valence-electron chi connectivity index (χ0n) is 12.0. The van der Waals surface area contributed by atoms with Crippen molar-refractivity contribution >= 4 is 11.6 Å². The first-order chi connectivity index (χ1) is 10.2. The van der Waals surface area contributed by atoms with Crippen LogP contribution in [0.1, 0.15) is 19.2 Å². The Labute approximate surface area is 129 Å². The number of nitrogens with zero attached hydrogens (tertiary/aromatic N) is 2. The van der Waals surface area contributed by atoms with Gasteiger partial charge in [-0.3, -0.25) is 4.90 Å². The number of halogens is 1. The van der Waals surface area contributed by atoms with Crippen LogP contribution in [0.5, 0.6) is 0 Å². The van der Waals surface area contributed by atoms with Gasteiger partial charge in [0.1, 0.15) is 0 Å². The highest BCUT2D eigenvalue weighted by atomic mass is 35.5. The topological polar surface area (TPSA) is 49.5 Å². The van der Waals surface area contributed by atoms with E-state index in [1.54, 1.807) is 6.20 Å². The molecule has 1 fully saturated rings. The molecule has 1 aromatic heterocycles. The van der Waals surface area contributed by atoms with Crippen molar-refractivity contribution in [3.05, 3.63) is 41.4 Å². The molecular weight excluding hydrogens is 288 g/mol. The van der Waals surface area contributed by atoms with E-state index in [4.69, 9.17) is 16.0 Å². The molecule has 21 heavy (non-hydrogen) atoms. The van der Waals surface area contributed by atoms with Crippen molar-refractivity contribution in [3.8, 4) is 11.3 Å². The summed E-state index contributed by atoms with van der Waals surface area (Å²) in [5.41, 5.74) is 0.926. The van der Waals surface area contributed by atoms with Crippen molar-refractivity contribution in [3.63, 3.8) is 0 Å². The number of hydrogen-bond donors (Lipinski definition) is 1. The Balaban J connectivity index is 1.74. The summed E-state index contributed by atoms with van der Waals surface area (Å²) in [6.07, 6.45) is 2.83. The lowest BCUT2D eigenvalue weighted by Crippen LogP contribution is -2.34. The van der Waals surface area contributed by atoms with Gasteiger partial charge in [-0.25, -0.2) is 4.98 Å². The Morgan fingerprint density at radius 2 is 2.33 bits per heavy atom. The van der Waals surface area contributed by atoms with Gasteiger partial charge in [-0.2, -0.15) is 0 Å². The van der Waals surface area contributed by atoms with Gasteiger partial charge in [0.15, 0.2) is 5.76 Å². The zero-order chi connectivity index (χ0) is 14.8. The van der Waals surface area contributed by atoms with Gasteiger partial charge in [-0.1, -0.05) is 30.7 Å². The molecule has 0 radical (unpaired) electrons. The second-order valence-corrected chi connectivity index (χ2v) is 6.05. The molecule has 1 aliphatic rings. The molecule has 2 heterocycles. The first kappa shape index (κ1) is 14.6. The van der Waals surface area contributed by atoms with Gasteiger partial charge in [0, 0.05) is 16.6 Å². The number of benzene rings is 1. The maximum atomic E-state index is 9.49. The summed E-state index contributed by atoms with van der Waals surface area (Å²) in [6.45, 7) is 3.97. The number of rotatable bonds is 4. The second kappa shape index (κ2) is 6.18. The van der Waals surface area contributed by atoms with Gasteiger partial charge < -0.3 is 9.52 Å². The maximum Gasteiger partial charge on any atom is 0.209 e. The van der Waals surface area contributed by atoms with E-state index in [0.717, 1.165) is 24.3 Å². The molecule has 1 saturated heterocycles. The SMILES string of the molecule is CC1CCN(Cc2ncc(-c3cccc(Cl)c3)o2)C1CO. The van der Waals surface area contributed by atoms with E-state index in [9.17, 15) is 5.11 Å². The normalized spacial score (nSPS) is 22.8. The largest absolute Gasteiger partial charge is 0.439 e. The Kier molecular flexibility index (Phi) is 4.29. The minimum atomic E-state index is 0.184. The number of hydrogen-bond acceptors (Lipinski definition) is 4. The number of aliphatic hydroxyl groups is 1. The monoisotopic (exact) mass is 306 g/mol. The van der Waals surface area contributed by atoms with E-state index in [2.05, 4.69) is 16.8 Å². The molecule has 5 heteroatoms. The molecule has 2 unspecified atom stereocenters. The van der Waals surface area contributed by atoms with Gasteiger partial charge in [0.2, 0.25) is 5.89 Å². The molecule has 0 saturated carbocycles. The summed E-state index contributed by atoms with van der Waals surface area (Å²) in [7, 11) is 0. The molecule has 0 aliphatic carbocycles. The third-order valence-corrected chi connectivity index (χ3v) is 4.42. The van der Waals surface area contributed by atoms with Gasteiger partial charge >= 0.3 is 0 Å². The molecule has 2 aromatic rings. The van der Waals surface area contributed by atoms with Crippen LogP contribution < -0.4 is 0 Å². The standard InChI is InChI=1S/C16H19ClN2O2/c1-11-5-6-19(14(11)10-20)9-16-18-8-15(21-16)12-3-2-4-13(17)7-12/h2-4,7-8,11,14,20H,5-6,9-10H2,1H3. The zero-order valence-corrected chi connectivity index (χ0v) is 12.8. The van der Waals surface area contributed by atoms with E-state index in [1.807, 2.05) is 24.3 Å². The van der Waals surface area contributed by atoms with Crippen molar-refractivity contribution in [1.82, 2.24) is 9.88 Å². The average Bonchev–Trinajstić information content (AvgIpc) is 3.07. The smallest absolute Gasteiger partial charge is 0.209 e. The van der Waals surface area contributed by atoms with E-state index in [-0.39, 0.29) is 12.6 Å². The van der Waals surface area contributed by atoms with E-state index < -0.39 is 0 Å². The Bertz CT molecular complexity index is 614. The minimum absolute atomic E-state index is 0.184. The van der Waals surface area contributed by atoms with Crippen LogP contribution >= 0.6 is 11.6 Å². The molecule has 0 bridgehead atoms. The third kappa shape index (κ3) is 3.12. The van der Waals surface area contributed by atoms with Crippen LogP contribution in [0.4, 0.5) is 0 Å². The minimum Gasteiger partial charge on any atom is -0.439 e. The number of oxazole rings is 1. The summed E-state index contributed by atoms with van der Waals surface area (Å²) < 4.78 is 5.82. The Hall–Kier alpha value is -1.36. The van der Waals surface area contributed by atoms with E-state index in [1.165, 1.54) is 0 Å². The Morgan fingerprint density at radius 1 is 1.48 bits per heavy atom. The van der Waals surface area contributed by atoms with Crippen molar-refractivity contribution < 1.29 is 9.52 Å². The lowest BCUT2D eigenvalue weighted by Gasteiger charge is -2.23.